The van der Waals surface area contributed by atoms with E-state index in [2.05, 4.69) is 5.32 Å². The van der Waals surface area contributed by atoms with E-state index in [1.54, 1.807) is 4.90 Å². The first-order valence-electron chi connectivity index (χ1n) is 11.5. The van der Waals surface area contributed by atoms with E-state index in [0.29, 0.717) is 18.7 Å². The summed E-state index contributed by atoms with van der Waals surface area (Å²) in [4.78, 5) is 28.0. The molecule has 0 bridgehead atoms. The zero-order chi connectivity index (χ0) is 22.9. The van der Waals surface area contributed by atoms with Crippen LogP contribution in [-0.2, 0) is 16.1 Å². The molecular formula is C26H33FN2O3. The molecule has 0 unspecified atom stereocenters. The van der Waals surface area contributed by atoms with E-state index in [1.807, 2.05) is 38.1 Å². The highest BCUT2D eigenvalue weighted by Gasteiger charge is 2.30. The smallest absolute Gasteiger partial charge is 0.261 e. The molecule has 0 saturated heterocycles. The van der Waals surface area contributed by atoms with E-state index in [0.717, 1.165) is 36.8 Å². The molecule has 0 radical (unpaired) electrons. The number of nitrogens with zero attached hydrogens (tertiary/aromatic N) is 1. The van der Waals surface area contributed by atoms with Crippen LogP contribution in [0, 0.1) is 12.7 Å². The summed E-state index contributed by atoms with van der Waals surface area (Å²) in [7, 11) is 0. The Balaban J connectivity index is 1.73. The molecule has 1 aliphatic rings. The molecule has 6 heteroatoms. The van der Waals surface area contributed by atoms with Crippen molar-refractivity contribution in [3.63, 3.8) is 0 Å². The van der Waals surface area contributed by atoms with E-state index in [1.165, 1.54) is 30.7 Å². The third kappa shape index (κ3) is 6.81. The number of hydrogen-bond acceptors (Lipinski definition) is 3. The highest BCUT2D eigenvalue weighted by atomic mass is 19.1. The summed E-state index contributed by atoms with van der Waals surface area (Å²) in [6, 6.07) is 13.1. The lowest BCUT2D eigenvalue weighted by Crippen LogP contribution is -2.52. The maximum atomic E-state index is 13.2. The Bertz CT molecular complexity index is 877. The first-order chi connectivity index (χ1) is 15.5. The van der Waals surface area contributed by atoms with Gasteiger partial charge in [-0.2, -0.15) is 0 Å². The highest BCUT2D eigenvalue weighted by Crippen LogP contribution is 2.19. The normalized spacial score (nSPS) is 15.1. The predicted octanol–water partition coefficient (Wildman–Crippen LogP) is 4.77. The van der Waals surface area contributed by atoms with E-state index in [9.17, 15) is 14.0 Å². The Kier molecular flexibility index (Phi) is 8.65. The molecule has 0 aromatic heterocycles. The van der Waals surface area contributed by atoms with Crippen LogP contribution in [0.25, 0.3) is 0 Å². The molecule has 0 heterocycles. The number of hydrogen-bond donors (Lipinski definition) is 1. The number of carbonyl (C=O) groups is 2. The molecule has 32 heavy (non-hydrogen) atoms. The molecule has 2 aromatic rings. The zero-order valence-corrected chi connectivity index (χ0v) is 19.0. The van der Waals surface area contributed by atoms with Crippen molar-refractivity contribution in [2.45, 2.75) is 71.0 Å². The maximum Gasteiger partial charge on any atom is 0.261 e. The average Bonchev–Trinajstić information content (AvgIpc) is 2.80. The van der Waals surface area contributed by atoms with Gasteiger partial charge in [-0.1, -0.05) is 56.0 Å². The SMILES string of the molecule is CC[C@H](C(=O)NC1CCCCC1)N(Cc1ccc(C)cc1)C(=O)COc1ccc(F)cc1. The van der Waals surface area contributed by atoms with Crippen molar-refractivity contribution in [2.75, 3.05) is 6.61 Å². The molecule has 1 saturated carbocycles. The lowest BCUT2D eigenvalue weighted by atomic mass is 9.95. The summed E-state index contributed by atoms with van der Waals surface area (Å²) >= 11 is 0. The molecule has 1 fully saturated rings. The van der Waals surface area contributed by atoms with E-state index in [4.69, 9.17) is 4.74 Å². The van der Waals surface area contributed by atoms with Crippen molar-refractivity contribution in [3.05, 3.63) is 65.5 Å². The largest absolute Gasteiger partial charge is 0.484 e. The Labute approximate surface area is 190 Å². The first-order valence-corrected chi connectivity index (χ1v) is 11.5. The second-order valence-corrected chi connectivity index (χ2v) is 8.52. The number of carbonyl (C=O) groups excluding carboxylic acids is 2. The van der Waals surface area contributed by atoms with Crippen LogP contribution in [0.4, 0.5) is 4.39 Å². The lowest BCUT2D eigenvalue weighted by Gasteiger charge is -2.32. The molecule has 0 aliphatic heterocycles. The van der Waals surface area contributed by atoms with Crippen LogP contribution >= 0.6 is 0 Å². The van der Waals surface area contributed by atoms with Gasteiger partial charge in [-0.15, -0.1) is 0 Å². The summed E-state index contributed by atoms with van der Waals surface area (Å²) < 4.78 is 18.7. The molecule has 3 rings (SSSR count). The summed E-state index contributed by atoms with van der Waals surface area (Å²) in [6.07, 6.45) is 5.94. The summed E-state index contributed by atoms with van der Waals surface area (Å²) in [5.74, 6) is -0.341. The fraction of sp³-hybridized carbons (Fsp3) is 0.462. The molecule has 1 atom stereocenters. The van der Waals surface area contributed by atoms with Gasteiger partial charge < -0.3 is 15.0 Å². The Morgan fingerprint density at radius 3 is 2.34 bits per heavy atom. The van der Waals surface area contributed by atoms with Gasteiger partial charge in [0.05, 0.1) is 0 Å². The van der Waals surface area contributed by atoms with Gasteiger partial charge in [-0.3, -0.25) is 9.59 Å². The molecule has 172 valence electrons. The number of amides is 2. The minimum atomic E-state index is -0.581. The van der Waals surface area contributed by atoms with Gasteiger partial charge in [0, 0.05) is 12.6 Å². The van der Waals surface area contributed by atoms with E-state index < -0.39 is 6.04 Å². The number of rotatable bonds is 9. The van der Waals surface area contributed by atoms with Crippen LogP contribution in [0.2, 0.25) is 0 Å². The minimum absolute atomic E-state index is 0.110. The van der Waals surface area contributed by atoms with Gasteiger partial charge in [0.25, 0.3) is 5.91 Å². The predicted molar refractivity (Wildman–Crippen MR) is 123 cm³/mol. The third-order valence-corrected chi connectivity index (χ3v) is 5.99. The van der Waals surface area contributed by atoms with Crippen LogP contribution in [0.5, 0.6) is 5.75 Å². The molecule has 1 aliphatic carbocycles. The Morgan fingerprint density at radius 2 is 1.72 bits per heavy atom. The van der Waals surface area contributed by atoms with E-state index >= 15 is 0 Å². The fourth-order valence-electron chi connectivity index (χ4n) is 4.11. The summed E-state index contributed by atoms with van der Waals surface area (Å²) in [6.45, 7) is 4.03. The zero-order valence-electron chi connectivity index (χ0n) is 19.0. The fourth-order valence-corrected chi connectivity index (χ4v) is 4.11. The van der Waals surface area contributed by atoms with Gasteiger partial charge >= 0.3 is 0 Å². The number of benzene rings is 2. The second kappa shape index (κ2) is 11.7. The van der Waals surface area contributed by atoms with Gasteiger partial charge in [0.2, 0.25) is 5.91 Å². The Hall–Kier alpha value is -2.89. The summed E-state index contributed by atoms with van der Waals surface area (Å²) in [5, 5.41) is 3.16. The van der Waals surface area contributed by atoms with Gasteiger partial charge in [-0.25, -0.2) is 4.39 Å². The monoisotopic (exact) mass is 440 g/mol. The standard InChI is InChI=1S/C26H33FN2O3/c1-3-24(26(31)28-22-7-5-4-6-8-22)29(17-20-11-9-19(2)10-12-20)25(30)18-32-23-15-13-21(27)14-16-23/h9-16,22,24H,3-8,17-18H2,1-2H3,(H,28,31)/t24-/m1/s1. The van der Waals surface area contributed by atoms with Crippen molar-refractivity contribution >= 4 is 11.8 Å². The molecule has 1 N–H and O–H groups in total. The molecule has 0 spiro atoms. The number of ether oxygens (including phenoxy) is 1. The lowest BCUT2D eigenvalue weighted by molar-refractivity contribution is -0.143. The molecule has 2 amide bonds. The van der Waals surface area contributed by atoms with Crippen molar-refractivity contribution in [2.24, 2.45) is 0 Å². The minimum Gasteiger partial charge on any atom is -0.484 e. The van der Waals surface area contributed by atoms with Gasteiger partial charge in [-0.05, 0) is 56.0 Å². The van der Waals surface area contributed by atoms with Crippen molar-refractivity contribution in [1.29, 1.82) is 0 Å². The van der Waals surface area contributed by atoms with Crippen molar-refractivity contribution < 1.29 is 18.7 Å². The van der Waals surface area contributed by atoms with Crippen molar-refractivity contribution in [1.82, 2.24) is 10.2 Å². The molecule has 2 aromatic carbocycles. The van der Waals surface area contributed by atoms with Crippen LogP contribution in [-0.4, -0.2) is 35.4 Å². The topological polar surface area (TPSA) is 58.6 Å². The molecular weight excluding hydrogens is 407 g/mol. The maximum absolute atomic E-state index is 13.2. The van der Waals surface area contributed by atoms with Gasteiger partial charge in [0.15, 0.2) is 6.61 Å². The summed E-state index contributed by atoms with van der Waals surface area (Å²) in [5.41, 5.74) is 2.09. The Morgan fingerprint density at radius 1 is 1.06 bits per heavy atom. The third-order valence-electron chi connectivity index (χ3n) is 5.99. The number of halogens is 1. The van der Waals surface area contributed by atoms with Crippen LogP contribution in [0.1, 0.15) is 56.6 Å². The van der Waals surface area contributed by atoms with Gasteiger partial charge in [0.1, 0.15) is 17.6 Å². The van der Waals surface area contributed by atoms with Crippen LogP contribution in [0.3, 0.4) is 0 Å². The van der Waals surface area contributed by atoms with E-state index in [-0.39, 0.29) is 30.3 Å². The first kappa shape index (κ1) is 23.8. The number of aryl methyl sites for hydroxylation is 1. The van der Waals surface area contributed by atoms with Crippen LogP contribution < -0.4 is 10.1 Å². The van der Waals surface area contributed by atoms with Crippen LogP contribution in [0.15, 0.2) is 48.5 Å². The van der Waals surface area contributed by atoms with Crippen molar-refractivity contribution in [3.8, 4) is 5.75 Å². The molecule has 5 nitrogen and oxygen atoms in total. The quantitative estimate of drug-likeness (QED) is 0.611. The number of nitrogens with one attached hydrogen (secondary N) is 1. The second-order valence-electron chi connectivity index (χ2n) is 8.52. The highest BCUT2D eigenvalue weighted by molar-refractivity contribution is 5.88. The average molecular weight is 441 g/mol.